The molecule has 15 heavy (non-hydrogen) atoms. The highest BCUT2D eigenvalue weighted by molar-refractivity contribution is 6.07. The van der Waals surface area contributed by atoms with E-state index in [0.717, 1.165) is 16.5 Å². The molecule has 0 fully saturated rings. The summed E-state index contributed by atoms with van der Waals surface area (Å²) in [6, 6.07) is 3.81. The fraction of sp³-hybridized carbons (Fsp3) is 0.100. The van der Waals surface area contributed by atoms with Crippen molar-refractivity contribution in [1.82, 2.24) is 20.8 Å². The molecule has 0 aliphatic carbocycles. The van der Waals surface area contributed by atoms with E-state index in [2.05, 4.69) is 20.8 Å². The molecule has 1 aromatic heterocycles. The summed E-state index contributed by atoms with van der Waals surface area (Å²) in [6.07, 6.45) is 3.15. The minimum absolute atomic E-state index is 0.128. The van der Waals surface area contributed by atoms with E-state index >= 15 is 0 Å². The zero-order valence-electron chi connectivity index (χ0n) is 7.82. The Morgan fingerprint density at radius 2 is 2.27 bits per heavy atom. The second-order valence-corrected chi connectivity index (χ2v) is 3.36. The molecule has 0 radical (unpaired) electrons. The van der Waals surface area contributed by atoms with Gasteiger partial charge in [0.2, 0.25) is 0 Å². The predicted molar refractivity (Wildman–Crippen MR) is 53.8 cm³/mol. The van der Waals surface area contributed by atoms with Crippen molar-refractivity contribution >= 4 is 16.8 Å². The Kier molecular flexibility index (Phi) is 1.66. The lowest BCUT2D eigenvalue weighted by Crippen LogP contribution is -2.42. The van der Waals surface area contributed by atoms with Crippen LogP contribution in [0.15, 0.2) is 24.7 Å². The summed E-state index contributed by atoms with van der Waals surface area (Å²) in [6.45, 7) is 0.631. The highest BCUT2D eigenvalue weighted by Crippen LogP contribution is 2.21. The number of fused-ring (bicyclic) bond motifs is 3. The van der Waals surface area contributed by atoms with E-state index in [1.54, 1.807) is 6.20 Å². The molecule has 3 rings (SSSR count). The summed E-state index contributed by atoms with van der Waals surface area (Å²) < 4.78 is 0. The summed E-state index contributed by atoms with van der Waals surface area (Å²) >= 11 is 0. The number of hydrogen-bond donors (Lipinski definition) is 2. The first-order valence-electron chi connectivity index (χ1n) is 4.61. The van der Waals surface area contributed by atoms with Crippen molar-refractivity contribution in [3.05, 3.63) is 35.8 Å². The zero-order valence-corrected chi connectivity index (χ0v) is 7.82. The number of carbonyl (C=O) groups is 1. The summed E-state index contributed by atoms with van der Waals surface area (Å²) in [5.41, 5.74) is 7.84. The third-order valence-electron chi connectivity index (χ3n) is 2.48. The van der Waals surface area contributed by atoms with E-state index in [0.29, 0.717) is 12.1 Å². The lowest BCUT2D eigenvalue weighted by Gasteiger charge is -2.18. The number of amides is 1. The normalized spacial score (nSPS) is 14.8. The van der Waals surface area contributed by atoms with Gasteiger partial charge in [-0.2, -0.15) is 0 Å². The number of hydrazine groups is 1. The molecule has 1 amide bonds. The Labute approximate surface area is 85.5 Å². The van der Waals surface area contributed by atoms with E-state index < -0.39 is 0 Å². The molecule has 0 saturated carbocycles. The fourth-order valence-corrected chi connectivity index (χ4v) is 1.80. The average molecular weight is 200 g/mol. The first kappa shape index (κ1) is 8.31. The molecule has 1 aliphatic rings. The van der Waals surface area contributed by atoms with Crippen LogP contribution in [0.25, 0.3) is 10.9 Å². The standard InChI is InChI=1S/C10H8N4O/c15-10-9-6(3-13-14-10)1-2-8-7(9)4-11-5-12-8/h1-2,4-5,13H,3H2,(H,14,15). The fourth-order valence-electron chi connectivity index (χ4n) is 1.80. The van der Waals surface area contributed by atoms with Crippen molar-refractivity contribution in [3.8, 4) is 0 Å². The van der Waals surface area contributed by atoms with Crippen LogP contribution in [0.5, 0.6) is 0 Å². The highest BCUT2D eigenvalue weighted by Gasteiger charge is 2.19. The summed E-state index contributed by atoms with van der Waals surface area (Å²) in [7, 11) is 0. The van der Waals surface area contributed by atoms with Crippen LogP contribution in [0.1, 0.15) is 15.9 Å². The van der Waals surface area contributed by atoms with Crippen molar-refractivity contribution in [3.63, 3.8) is 0 Å². The Morgan fingerprint density at radius 3 is 3.20 bits per heavy atom. The van der Waals surface area contributed by atoms with Crippen LogP contribution >= 0.6 is 0 Å². The molecule has 0 spiro atoms. The van der Waals surface area contributed by atoms with Crippen LogP contribution < -0.4 is 10.9 Å². The van der Waals surface area contributed by atoms with Crippen LogP contribution in [-0.2, 0) is 6.54 Å². The Hall–Kier alpha value is -2.01. The Bertz CT molecular complexity index is 552. The largest absolute Gasteiger partial charge is 0.287 e. The summed E-state index contributed by atoms with van der Waals surface area (Å²) in [5.74, 6) is -0.128. The van der Waals surface area contributed by atoms with Crippen molar-refractivity contribution < 1.29 is 4.79 Å². The maximum absolute atomic E-state index is 11.7. The molecule has 0 saturated heterocycles. The minimum Gasteiger partial charge on any atom is -0.287 e. The Balaban J connectivity index is 2.40. The topological polar surface area (TPSA) is 66.9 Å². The number of nitrogens with one attached hydrogen (secondary N) is 2. The minimum atomic E-state index is -0.128. The number of carbonyl (C=O) groups excluding carboxylic acids is 1. The molecule has 2 aromatic rings. The molecule has 2 N–H and O–H groups in total. The second kappa shape index (κ2) is 2.99. The van der Waals surface area contributed by atoms with Gasteiger partial charge >= 0.3 is 0 Å². The number of nitrogens with zero attached hydrogens (tertiary/aromatic N) is 2. The molecule has 2 heterocycles. The lowest BCUT2D eigenvalue weighted by atomic mass is 10.0. The van der Waals surface area contributed by atoms with E-state index in [1.165, 1.54) is 6.33 Å². The van der Waals surface area contributed by atoms with Crippen molar-refractivity contribution in [2.75, 3.05) is 0 Å². The van der Waals surface area contributed by atoms with Gasteiger partial charge in [0.15, 0.2) is 0 Å². The number of hydrogen-bond acceptors (Lipinski definition) is 4. The predicted octanol–water partition coefficient (Wildman–Crippen LogP) is 0.378. The van der Waals surface area contributed by atoms with Gasteiger partial charge in [-0.05, 0) is 11.6 Å². The third kappa shape index (κ3) is 1.17. The van der Waals surface area contributed by atoms with E-state index in [1.807, 2.05) is 12.1 Å². The van der Waals surface area contributed by atoms with Gasteiger partial charge in [-0.15, -0.1) is 0 Å². The van der Waals surface area contributed by atoms with Gasteiger partial charge < -0.3 is 0 Å². The SMILES string of the molecule is O=C1NNCc2ccc3ncncc3c21. The monoisotopic (exact) mass is 200 g/mol. The molecular weight excluding hydrogens is 192 g/mol. The smallest absolute Gasteiger partial charge is 0.266 e. The van der Waals surface area contributed by atoms with Crippen LogP contribution in [0.2, 0.25) is 0 Å². The van der Waals surface area contributed by atoms with Crippen molar-refractivity contribution in [2.45, 2.75) is 6.54 Å². The second-order valence-electron chi connectivity index (χ2n) is 3.36. The van der Waals surface area contributed by atoms with E-state index in [-0.39, 0.29) is 5.91 Å². The maximum atomic E-state index is 11.7. The van der Waals surface area contributed by atoms with Crippen LogP contribution in [0.3, 0.4) is 0 Å². The molecule has 0 bridgehead atoms. The van der Waals surface area contributed by atoms with Gasteiger partial charge in [0.05, 0.1) is 11.1 Å². The van der Waals surface area contributed by atoms with Gasteiger partial charge in [0.1, 0.15) is 6.33 Å². The number of benzene rings is 1. The van der Waals surface area contributed by atoms with Gasteiger partial charge in [0.25, 0.3) is 5.91 Å². The van der Waals surface area contributed by atoms with Crippen molar-refractivity contribution in [2.24, 2.45) is 0 Å². The number of aromatic nitrogens is 2. The lowest BCUT2D eigenvalue weighted by molar-refractivity contribution is 0.0922. The first-order valence-corrected chi connectivity index (χ1v) is 4.61. The molecule has 0 atom stereocenters. The summed E-state index contributed by atoms with van der Waals surface area (Å²) in [4.78, 5) is 19.7. The molecule has 5 nitrogen and oxygen atoms in total. The van der Waals surface area contributed by atoms with Gasteiger partial charge in [0, 0.05) is 18.1 Å². The van der Waals surface area contributed by atoms with Gasteiger partial charge in [-0.3, -0.25) is 10.2 Å². The van der Waals surface area contributed by atoms with Crippen LogP contribution in [-0.4, -0.2) is 15.9 Å². The van der Waals surface area contributed by atoms with E-state index in [9.17, 15) is 4.79 Å². The highest BCUT2D eigenvalue weighted by atomic mass is 16.2. The van der Waals surface area contributed by atoms with Gasteiger partial charge in [-0.25, -0.2) is 15.4 Å². The number of rotatable bonds is 0. The molecule has 74 valence electrons. The Morgan fingerprint density at radius 1 is 1.33 bits per heavy atom. The zero-order chi connectivity index (χ0) is 10.3. The molecule has 0 unspecified atom stereocenters. The van der Waals surface area contributed by atoms with E-state index in [4.69, 9.17) is 0 Å². The van der Waals surface area contributed by atoms with Crippen molar-refractivity contribution in [1.29, 1.82) is 0 Å². The maximum Gasteiger partial charge on any atom is 0.266 e. The van der Waals surface area contributed by atoms with Gasteiger partial charge in [-0.1, -0.05) is 6.07 Å². The molecule has 1 aliphatic heterocycles. The quantitative estimate of drug-likeness (QED) is 0.645. The molecule has 1 aromatic carbocycles. The molecular formula is C10H8N4O. The first-order chi connectivity index (χ1) is 7.36. The summed E-state index contributed by atoms with van der Waals surface area (Å²) in [5, 5.41) is 0.800. The van der Waals surface area contributed by atoms with Crippen LogP contribution in [0.4, 0.5) is 0 Å². The molecule has 5 heteroatoms. The van der Waals surface area contributed by atoms with Crippen LogP contribution in [0, 0.1) is 0 Å². The average Bonchev–Trinajstić information content (AvgIpc) is 2.29. The third-order valence-corrected chi connectivity index (χ3v) is 2.48.